The second-order valence-corrected chi connectivity index (χ2v) is 12.6. The first-order valence-electron chi connectivity index (χ1n) is 19.2. The van der Waals surface area contributed by atoms with E-state index in [1.807, 2.05) is 6.08 Å². The van der Waals surface area contributed by atoms with Crippen molar-refractivity contribution in [2.45, 2.75) is 180 Å². The molecule has 0 aliphatic rings. The lowest BCUT2D eigenvalue weighted by Gasteiger charge is -2.20. The van der Waals surface area contributed by atoms with Gasteiger partial charge in [-0.15, -0.1) is 0 Å². The molecule has 1 amide bonds. The van der Waals surface area contributed by atoms with E-state index in [0.29, 0.717) is 6.42 Å². The molecule has 0 spiro atoms. The topological polar surface area (TPSA) is 69.6 Å². The van der Waals surface area contributed by atoms with E-state index in [-0.39, 0.29) is 12.5 Å². The zero-order valence-electron chi connectivity index (χ0n) is 30.1. The summed E-state index contributed by atoms with van der Waals surface area (Å²) in [6, 6.07) is -0.621. The van der Waals surface area contributed by atoms with Crippen LogP contribution in [0, 0.1) is 0 Å². The molecule has 46 heavy (non-hydrogen) atoms. The van der Waals surface area contributed by atoms with Crippen molar-refractivity contribution in [2.75, 3.05) is 6.61 Å². The van der Waals surface area contributed by atoms with Crippen molar-refractivity contribution in [3.63, 3.8) is 0 Å². The normalized spacial score (nSPS) is 13.9. The van der Waals surface area contributed by atoms with Gasteiger partial charge in [0.2, 0.25) is 5.91 Å². The molecule has 0 aliphatic heterocycles. The molecule has 264 valence electrons. The van der Waals surface area contributed by atoms with Crippen molar-refractivity contribution in [2.24, 2.45) is 0 Å². The molecule has 0 aromatic rings. The zero-order valence-corrected chi connectivity index (χ0v) is 30.1. The highest BCUT2D eigenvalue weighted by Gasteiger charge is 2.17. The SMILES string of the molecule is CC/C=C\C/C=C\C/C=C\C/C=C\C/C=C\CCCCCCCCCCCCCCCC(=O)NC(CO)C(O)/C=C/CCCCC. The van der Waals surface area contributed by atoms with Crippen LogP contribution in [0.15, 0.2) is 72.9 Å². The minimum atomic E-state index is -0.837. The first-order chi connectivity index (χ1) is 22.7. The fourth-order valence-corrected chi connectivity index (χ4v) is 5.26. The molecule has 4 nitrogen and oxygen atoms in total. The van der Waals surface area contributed by atoms with Crippen LogP contribution in [0.4, 0.5) is 0 Å². The predicted molar refractivity (Wildman–Crippen MR) is 202 cm³/mol. The molecule has 0 bridgehead atoms. The molecular weight excluding hydrogens is 566 g/mol. The van der Waals surface area contributed by atoms with Crippen molar-refractivity contribution < 1.29 is 15.0 Å². The maximum absolute atomic E-state index is 12.2. The van der Waals surface area contributed by atoms with E-state index in [2.05, 4.69) is 79.9 Å². The van der Waals surface area contributed by atoms with Crippen molar-refractivity contribution in [3.8, 4) is 0 Å². The van der Waals surface area contributed by atoms with Crippen LogP contribution >= 0.6 is 0 Å². The number of aliphatic hydroxyl groups is 2. The second kappa shape index (κ2) is 37.3. The first-order valence-corrected chi connectivity index (χ1v) is 19.2. The first kappa shape index (κ1) is 43.8. The van der Waals surface area contributed by atoms with Gasteiger partial charge in [0.05, 0.1) is 18.8 Å². The van der Waals surface area contributed by atoms with Crippen LogP contribution in [-0.4, -0.2) is 34.9 Å². The number of unbranched alkanes of at least 4 members (excludes halogenated alkanes) is 16. The number of carbonyl (C=O) groups excluding carboxylic acids is 1. The Morgan fingerprint density at radius 3 is 1.43 bits per heavy atom. The van der Waals surface area contributed by atoms with E-state index in [4.69, 9.17) is 0 Å². The van der Waals surface area contributed by atoms with E-state index < -0.39 is 12.1 Å². The monoisotopic (exact) mass is 640 g/mol. The number of hydrogen-bond donors (Lipinski definition) is 3. The Bertz CT molecular complexity index is 823. The quantitative estimate of drug-likeness (QED) is 0.0494. The Balaban J connectivity index is 3.49. The molecule has 3 N–H and O–H groups in total. The maximum Gasteiger partial charge on any atom is 0.220 e. The van der Waals surface area contributed by atoms with Gasteiger partial charge in [-0.3, -0.25) is 4.79 Å². The second-order valence-electron chi connectivity index (χ2n) is 12.6. The van der Waals surface area contributed by atoms with E-state index in [1.54, 1.807) is 6.08 Å². The lowest BCUT2D eigenvalue weighted by Crippen LogP contribution is -2.45. The summed E-state index contributed by atoms with van der Waals surface area (Å²) in [5, 5.41) is 22.6. The van der Waals surface area contributed by atoms with E-state index in [1.165, 1.54) is 89.9 Å². The van der Waals surface area contributed by atoms with Crippen LogP contribution < -0.4 is 5.32 Å². The van der Waals surface area contributed by atoms with Gasteiger partial charge in [0, 0.05) is 6.42 Å². The third-order valence-electron chi connectivity index (χ3n) is 8.20. The van der Waals surface area contributed by atoms with Crippen LogP contribution in [-0.2, 0) is 4.79 Å². The summed E-state index contributed by atoms with van der Waals surface area (Å²) in [7, 11) is 0. The van der Waals surface area contributed by atoms with Crippen LogP contribution in [0.3, 0.4) is 0 Å². The standard InChI is InChI=1S/C42H73NO3/c1-3-5-7-9-10-11-12-13-14-15-16-17-18-19-20-21-22-23-24-25-26-27-28-29-30-31-32-34-36-38-42(46)43-40(39-44)41(45)37-35-33-8-6-4-2/h5,7,10-11,13-14,16-17,19-20,35,37,40-41,44-45H,3-4,6,8-9,12,15,18,21-34,36,38-39H2,1-2H3,(H,43,46)/b7-5-,11-10-,14-13-,17-16-,20-19-,37-35+. The van der Waals surface area contributed by atoms with Crippen molar-refractivity contribution >= 4 is 5.91 Å². The Kier molecular flexibility index (Phi) is 35.5. The molecule has 0 rings (SSSR count). The molecule has 2 atom stereocenters. The van der Waals surface area contributed by atoms with E-state index in [9.17, 15) is 15.0 Å². The highest BCUT2D eigenvalue weighted by Crippen LogP contribution is 2.14. The molecule has 0 saturated heterocycles. The summed E-state index contributed by atoms with van der Waals surface area (Å²) >= 11 is 0. The summed E-state index contributed by atoms with van der Waals surface area (Å²) in [5.74, 6) is -0.0772. The summed E-state index contributed by atoms with van der Waals surface area (Å²) in [6.07, 6.45) is 53.2. The van der Waals surface area contributed by atoms with Gasteiger partial charge in [-0.1, -0.05) is 170 Å². The van der Waals surface area contributed by atoms with E-state index in [0.717, 1.165) is 57.8 Å². The highest BCUT2D eigenvalue weighted by atomic mass is 16.3. The Morgan fingerprint density at radius 2 is 0.957 bits per heavy atom. The van der Waals surface area contributed by atoms with Crippen molar-refractivity contribution in [1.29, 1.82) is 0 Å². The van der Waals surface area contributed by atoms with E-state index >= 15 is 0 Å². The zero-order chi connectivity index (χ0) is 33.6. The Morgan fingerprint density at radius 1 is 0.543 bits per heavy atom. The minimum Gasteiger partial charge on any atom is -0.394 e. The summed E-state index contributed by atoms with van der Waals surface area (Å²) in [6.45, 7) is 4.08. The average Bonchev–Trinajstić information content (AvgIpc) is 3.06. The fraction of sp³-hybridized carbons (Fsp3) is 0.690. The minimum absolute atomic E-state index is 0.0772. The average molecular weight is 640 g/mol. The lowest BCUT2D eigenvalue weighted by atomic mass is 10.0. The van der Waals surface area contributed by atoms with Crippen molar-refractivity contribution in [3.05, 3.63) is 72.9 Å². The van der Waals surface area contributed by atoms with Crippen LogP contribution in [0.25, 0.3) is 0 Å². The van der Waals surface area contributed by atoms with Gasteiger partial charge in [0.15, 0.2) is 0 Å². The third kappa shape index (κ3) is 33.2. The predicted octanol–water partition coefficient (Wildman–Crippen LogP) is 11.6. The Labute approximate surface area is 285 Å². The number of nitrogens with one attached hydrogen (secondary N) is 1. The molecule has 0 saturated carbocycles. The molecule has 2 unspecified atom stereocenters. The molecule has 0 fully saturated rings. The Hall–Kier alpha value is -2.17. The number of hydrogen-bond acceptors (Lipinski definition) is 3. The number of amides is 1. The summed E-state index contributed by atoms with van der Waals surface area (Å²) in [5.41, 5.74) is 0. The maximum atomic E-state index is 12.2. The number of allylic oxidation sites excluding steroid dienone is 11. The molecule has 0 aromatic heterocycles. The summed E-state index contributed by atoms with van der Waals surface area (Å²) in [4.78, 5) is 12.2. The lowest BCUT2D eigenvalue weighted by molar-refractivity contribution is -0.123. The third-order valence-corrected chi connectivity index (χ3v) is 8.20. The summed E-state index contributed by atoms with van der Waals surface area (Å²) < 4.78 is 0. The smallest absolute Gasteiger partial charge is 0.220 e. The molecule has 0 radical (unpaired) electrons. The van der Waals surface area contributed by atoms with Crippen LogP contribution in [0.5, 0.6) is 0 Å². The molecule has 0 heterocycles. The van der Waals surface area contributed by atoms with Crippen LogP contribution in [0.2, 0.25) is 0 Å². The van der Waals surface area contributed by atoms with Gasteiger partial charge in [0.25, 0.3) is 0 Å². The highest BCUT2D eigenvalue weighted by molar-refractivity contribution is 5.76. The van der Waals surface area contributed by atoms with Gasteiger partial charge in [0.1, 0.15) is 0 Å². The van der Waals surface area contributed by atoms with Crippen molar-refractivity contribution in [1.82, 2.24) is 5.32 Å². The number of rotatable bonds is 33. The fourth-order valence-electron chi connectivity index (χ4n) is 5.26. The number of carbonyl (C=O) groups is 1. The molecule has 0 aromatic carbocycles. The van der Waals surface area contributed by atoms with Gasteiger partial charge in [-0.05, 0) is 64.2 Å². The van der Waals surface area contributed by atoms with Gasteiger partial charge >= 0.3 is 0 Å². The van der Waals surface area contributed by atoms with Gasteiger partial charge in [-0.25, -0.2) is 0 Å². The van der Waals surface area contributed by atoms with Crippen LogP contribution in [0.1, 0.15) is 168 Å². The molecule has 4 heteroatoms. The largest absolute Gasteiger partial charge is 0.394 e. The molecular formula is C42H73NO3. The molecule has 0 aliphatic carbocycles. The van der Waals surface area contributed by atoms with Gasteiger partial charge in [-0.2, -0.15) is 0 Å². The van der Waals surface area contributed by atoms with Gasteiger partial charge < -0.3 is 15.5 Å². The number of aliphatic hydroxyl groups excluding tert-OH is 2.